The van der Waals surface area contributed by atoms with Crippen LogP contribution in [0.4, 0.5) is 4.79 Å². The zero-order valence-corrected chi connectivity index (χ0v) is 17.7. The molecule has 1 atom stereocenters. The molecule has 2 aromatic carbocycles. The Balaban J connectivity index is 2.04. The molecule has 0 saturated heterocycles. The number of carbonyl (C=O) groups excluding carboxylic acids is 2. The second-order valence-electron chi connectivity index (χ2n) is 7.51. The number of alkyl carbamates (subject to hydrolysis) is 1. The second kappa shape index (κ2) is 10.3. The molecule has 0 radical (unpaired) electrons. The summed E-state index contributed by atoms with van der Waals surface area (Å²) in [6.07, 6.45) is 2.12. The Morgan fingerprint density at radius 2 is 1.52 bits per heavy atom. The molecule has 8 heteroatoms. The molecule has 0 bridgehead atoms. The van der Waals surface area contributed by atoms with E-state index >= 15 is 0 Å². The van der Waals surface area contributed by atoms with Crippen molar-refractivity contribution in [3.8, 4) is 11.5 Å². The largest absolute Gasteiger partial charge is 0.479 e. The fraction of sp³-hybridized carbons (Fsp3) is 0.261. The van der Waals surface area contributed by atoms with Crippen LogP contribution in [0.3, 0.4) is 0 Å². The molecule has 0 aliphatic heterocycles. The number of nitrogens with one attached hydrogen (secondary N) is 1. The van der Waals surface area contributed by atoms with Gasteiger partial charge in [-0.15, -0.1) is 0 Å². The van der Waals surface area contributed by atoms with Crippen LogP contribution < -0.4 is 10.1 Å². The summed E-state index contributed by atoms with van der Waals surface area (Å²) in [7, 11) is 1.31. The topological polar surface area (TPSA) is 111 Å². The SMILES string of the molecule is COC(=O)/C=C/c1ccc(Oc2ccc(C(NC(=O)OC(C)(C)C)C(=O)O)cc2)cc1. The lowest BCUT2D eigenvalue weighted by molar-refractivity contribution is -0.139. The maximum atomic E-state index is 11.9. The number of hydrogen-bond acceptors (Lipinski definition) is 6. The first kappa shape index (κ1) is 23.5. The van der Waals surface area contributed by atoms with Crippen molar-refractivity contribution in [1.82, 2.24) is 5.32 Å². The maximum Gasteiger partial charge on any atom is 0.408 e. The zero-order chi connectivity index (χ0) is 23.0. The Kier molecular flexibility index (Phi) is 7.79. The monoisotopic (exact) mass is 427 g/mol. The van der Waals surface area contributed by atoms with Crippen molar-refractivity contribution >= 4 is 24.1 Å². The molecule has 2 aromatic rings. The van der Waals surface area contributed by atoms with E-state index in [1.807, 2.05) is 0 Å². The number of benzene rings is 2. The summed E-state index contributed by atoms with van der Waals surface area (Å²) in [6, 6.07) is 12.1. The van der Waals surface area contributed by atoms with Crippen LogP contribution >= 0.6 is 0 Å². The van der Waals surface area contributed by atoms with E-state index in [-0.39, 0.29) is 0 Å². The van der Waals surface area contributed by atoms with Crippen molar-refractivity contribution in [2.45, 2.75) is 32.4 Å². The Morgan fingerprint density at radius 3 is 2.00 bits per heavy atom. The van der Waals surface area contributed by atoms with Crippen LogP contribution in [0.25, 0.3) is 6.08 Å². The van der Waals surface area contributed by atoms with E-state index in [0.29, 0.717) is 17.1 Å². The minimum atomic E-state index is -1.26. The molecule has 2 N–H and O–H groups in total. The minimum absolute atomic E-state index is 0.369. The summed E-state index contributed by atoms with van der Waals surface area (Å²) in [5, 5.41) is 11.8. The molecular weight excluding hydrogens is 402 g/mol. The quantitative estimate of drug-likeness (QED) is 0.500. The van der Waals surface area contributed by atoms with E-state index in [2.05, 4.69) is 10.1 Å². The average Bonchev–Trinajstić information content (AvgIpc) is 2.70. The minimum Gasteiger partial charge on any atom is -0.479 e. The van der Waals surface area contributed by atoms with Gasteiger partial charge in [0, 0.05) is 6.08 Å². The molecule has 1 unspecified atom stereocenters. The lowest BCUT2D eigenvalue weighted by atomic mass is 10.1. The molecule has 0 fully saturated rings. The summed E-state index contributed by atoms with van der Waals surface area (Å²) >= 11 is 0. The lowest BCUT2D eigenvalue weighted by Gasteiger charge is -2.22. The van der Waals surface area contributed by atoms with Gasteiger partial charge in [0.1, 0.15) is 17.1 Å². The predicted octanol–water partition coefficient (Wildman–Crippen LogP) is 4.32. The molecular formula is C23H25NO7. The Hall–Kier alpha value is -3.81. The van der Waals surface area contributed by atoms with E-state index < -0.39 is 29.7 Å². The van der Waals surface area contributed by atoms with Gasteiger partial charge in [0.25, 0.3) is 0 Å². The molecule has 0 heterocycles. The first-order valence-electron chi connectivity index (χ1n) is 9.43. The van der Waals surface area contributed by atoms with Gasteiger partial charge in [-0.1, -0.05) is 24.3 Å². The van der Waals surface area contributed by atoms with E-state index in [0.717, 1.165) is 5.56 Å². The van der Waals surface area contributed by atoms with Crippen LogP contribution in [0.15, 0.2) is 54.6 Å². The van der Waals surface area contributed by atoms with Gasteiger partial charge in [-0.25, -0.2) is 14.4 Å². The van der Waals surface area contributed by atoms with E-state index in [1.165, 1.54) is 13.2 Å². The van der Waals surface area contributed by atoms with Gasteiger partial charge in [-0.2, -0.15) is 0 Å². The van der Waals surface area contributed by atoms with Crippen molar-refractivity contribution in [1.29, 1.82) is 0 Å². The van der Waals surface area contributed by atoms with Crippen LogP contribution in [-0.4, -0.2) is 35.8 Å². The highest BCUT2D eigenvalue weighted by atomic mass is 16.6. The van der Waals surface area contributed by atoms with Crippen molar-refractivity contribution in [2.24, 2.45) is 0 Å². The number of hydrogen-bond donors (Lipinski definition) is 2. The summed E-state index contributed by atoms with van der Waals surface area (Å²) < 4.78 is 15.4. The van der Waals surface area contributed by atoms with E-state index in [1.54, 1.807) is 75.4 Å². The molecule has 0 saturated carbocycles. The molecule has 0 aromatic heterocycles. The van der Waals surface area contributed by atoms with Gasteiger partial charge in [-0.3, -0.25) is 0 Å². The standard InChI is InChI=1S/C23H25NO7/c1-23(2,3)31-22(28)24-20(21(26)27)16-8-12-18(13-9-16)30-17-10-5-15(6-11-17)7-14-19(25)29-4/h5-14,20H,1-4H3,(H,24,28)(H,26,27)/b14-7+. The van der Waals surface area contributed by atoms with E-state index in [4.69, 9.17) is 9.47 Å². The molecule has 0 aliphatic carbocycles. The van der Waals surface area contributed by atoms with Crippen molar-refractivity contribution < 1.29 is 33.7 Å². The maximum absolute atomic E-state index is 11.9. The number of rotatable bonds is 7. The first-order valence-corrected chi connectivity index (χ1v) is 9.43. The predicted molar refractivity (Wildman–Crippen MR) is 114 cm³/mol. The average molecular weight is 427 g/mol. The Morgan fingerprint density at radius 1 is 0.968 bits per heavy atom. The number of aliphatic carboxylic acids is 1. The molecule has 0 spiro atoms. The molecule has 2 rings (SSSR count). The van der Waals surface area contributed by atoms with Gasteiger partial charge < -0.3 is 24.6 Å². The second-order valence-corrected chi connectivity index (χ2v) is 7.51. The van der Waals surface area contributed by atoms with Crippen LogP contribution in [0.1, 0.15) is 37.9 Å². The molecule has 1 amide bonds. The summed E-state index contributed by atoms with van der Waals surface area (Å²) in [5.74, 6) is -0.607. The number of carboxylic acids is 1. The number of amides is 1. The van der Waals surface area contributed by atoms with Gasteiger partial charge in [0.2, 0.25) is 0 Å². The molecule has 8 nitrogen and oxygen atoms in total. The molecule has 31 heavy (non-hydrogen) atoms. The van der Waals surface area contributed by atoms with Gasteiger partial charge in [0.05, 0.1) is 7.11 Å². The number of methoxy groups -OCH3 is 1. The zero-order valence-electron chi connectivity index (χ0n) is 17.7. The summed E-state index contributed by atoms with van der Waals surface area (Å²) in [5.41, 5.74) is 0.426. The third-order valence-electron chi connectivity index (χ3n) is 3.85. The first-order chi connectivity index (χ1) is 14.6. The fourth-order valence-electron chi connectivity index (χ4n) is 2.46. The van der Waals surface area contributed by atoms with Crippen molar-refractivity contribution in [2.75, 3.05) is 7.11 Å². The van der Waals surface area contributed by atoms with E-state index in [9.17, 15) is 19.5 Å². The van der Waals surface area contributed by atoms with Gasteiger partial charge in [0.15, 0.2) is 6.04 Å². The highest BCUT2D eigenvalue weighted by molar-refractivity contribution is 5.86. The van der Waals surface area contributed by atoms with Crippen molar-refractivity contribution in [3.63, 3.8) is 0 Å². The third kappa shape index (κ3) is 7.85. The van der Waals surface area contributed by atoms with Crippen LogP contribution in [0.5, 0.6) is 11.5 Å². The lowest BCUT2D eigenvalue weighted by Crippen LogP contribution is -2.38. The third-order valence-corrected chi connectivity index (χ3v) is 3.85. The van der Waals surface area contributed by atoms with Crippen molar-refractivity contribution in [3.05, 3.63) is 65.7 Å². The van der Waals surface area contributed by atoms with Gasteiger partial charge >= 0.3 is 18.0 Å². The smallest absolute Gasteiger partial charge is 0.408 e. The number of carboxylic acid groups (broad SMARTS) is 1. The number of ether oxygens (including phenoxy) is 3. The van der Waals surface area contributed by atoms with Crippen LogP contribution in [-0.2, 0) is 19.1 Å². The Labute approximate surface area is 180 Å². The molecule has 0 aliphatic rings. The Bertz CT molecular complexity index is 941. The fourth-order valence-corrected chi connectivity index (χ4v) is 2.46. The summed E-state index contributed by atoms with van der Waals surface area (Å²) in [4.78, 5) is 34.6. The summed E-state index contributed by atoms with van der Waals surface area (Å²) in [6.45, 7) is 5.07. The highest BCUT2D eigenvalue weighted by Crippen LogP contribution is 2.24. The normalized spacial score (nSPS) is 12.1. The number of carbonyl (C=O) groups is 3. The van der Waals surface area contributed by atoms with Crippen LogP contribution in [0, 0.1) is 0 Å². The highest BCUT2D eigenvalue weighted by Gasteiger charge is 2.25. The molecule has 164 valence electrons. The number of esters is 1. The van der Waals surface area contributed by atoms with Crippen LogP contribution in [0.2, 0.25) is 0 Å². The van der Waals surface area contributed by atoms with Gasteiger partial charge in [-0.05, 0) is 62.2 Å².